The number of aryl methyl sites for hydroxylation is 1. The van der Waals surface area contributed by atoms with Crippen LogP contribution in [0.1, 0.15) is 34.6 Å². The van der Waals surface area contributed by atoms with Crippen LogP contribution in [0.15, 0.2) is 36.4 Å². The number of halogens is 1. The number of amides is 1. The Kier molecular flexibility index (Phi) is 6.68. The molecular weight excluding hydrogens is 334 g/mol. The minimum atomic E-state index is 0. The third-order valence-corrected chi connectivity index (χ3v) is 4.97. The van der Waals surface area contributed by atoms with Crippen LogP contribution in [0.3, 0.4) is 0 Å². The highest BCUT2D eigenvalue weighted by atomic mass is 35.5. The van der Waals surface area contributed by atoms with Gasteiger partial charge in [0.15, 0.2) is 0 Å². The second-order valence-electron chi connectivity index (χ2n) is 6.77. The molecule has 3 rings (SSSR count). The summed E-state index contributed by atoms with van der Waals surface area (Å²) in [4.78, 5) is 15.1. The van der Waals surface area contributed by atoms with E-state index < -0.39 is 0 Å². The second-order valence-corrected chi connectivity index (χ2v) is 6.77. The first-order valence-electron chi connectivity index (χ1n) is 8.80. The van der Waals surface area contributed by atoms with Gasteiger partial charge in [-0.1, -0.05) is 18.2 Å². The average Bonchev–Trinajstić information content (AvgIpc) is 2.90. The highest BCUT2D eigenvalue weighted by Crippen LogP contribution is 2.24. The van der Waals surface area contributed by atoms with Crippen molar-refractivity contribution in [1.82, 2.24) is 14.8 Å². The molecule has 1 fully saturated rings. The first kappa shape index (κ1) is 19.5. The Bertz CT molecular complexity index is 709. The molecule has 0 saturated carbocycles. The molecule has 0 bridgehead atoms. The van der Waals surface area contributed by atoms with Crippen LogP contribution >= 0.6 is 12.4 Å². The number of likely N-dealkylation sites (tertiary alicyclic amines) is 1. The first-order chi connectivity index (χ1) is 11.6. The number of nitrogens with zero attached hydrogens (tertiary/aromatic N) is 2. The number of piperidine rings is 1. The number of rotatable bonds is 4. The van der Waals surface area contributed by atoms with E-state index in [-0.39, 0.29) is 18.3 Å². The molecule has 2 aromatic rings. The Morgan fingerprint density at radius 2 is 1.96 bits per heavy atom. The summed E-state index contributed by atoms with van der Waals surface area (Å²) >= 11 is 0. The van der Waals surface area contributed by atoms with Crippen molar-refractivity contribution in [2.45, 2.75) is 26.7 Å². The van der Waals surface area contributed by atoms with Crippen molar-refractivity contribution in [3.05, 3.63) is 53.3 Å². The fourth-order valence-electron chi connectivity index (χ4n) is 3.83. The molecule has 136 valence electrons. The smallest absolute Gasteiger partial charge is 0.255 e. The summed E-state index contributed by atoms with van der Waals surface area (Å²) in [6, 6.07) is 12.3. The van der Waals surface area contributed by atoms with Gasteiger partial charge in [0.05, 0.1) is 5.56 Å². The van der Waals surface area contributed by atoms with Crippen molar-refractivity contribution >= 4 is 18.3 Å². The normalized spacial score (nSPS) is 17.2. The van der Waals surface area contributed by atoms with E-state index in [2.05, 4.69) is 28.9 Å². The fourth-order valence-corrected chi connectivity index (χ4v) is 3.83. The topological polar surface area (TPSA) is 37.3 Å². The average molecular weight is 362 g/mol. The summed E-state index contributed by atoms with van der Waals surface area (Å²) in [5, 5.41) is 3.24. The molecule has 1 saturated heterocycles. The summed E-state index contributed by atoms with van der Waals surface area (Å²) in [7, 11) is 1.98. The molecule has 25 heavy (non-hydrogen) atoms. The number of nitrogens with one attached hydrogen (secondary N) is 1. The molecule has 5 heteroatoms. The fraction of sp³-hybridized carbons (Fsp3) is 0.450. The van der Waals surface area contributed by atoms with Crippen LogP contribution in [0.2, 0.25) is 0 Å². The second kappa shape index (κ2) is 8.54. The molecule has 1 aromatic carbocycles. The lowest BCUT2D eigenvalue weighted by Gasteiger charge is -2.32. The number of hydrogen-bond donors (Lipinski definition) is 1. The van der Waals surface area contributed by atoms with E-state index in [1.54, 1.807) is 0 Å². The van der Waals surface area contributed by atoms with Gasteiger partial charge in [-0.3, -0.25) is 4.79 Å². The number of benzene rings is 1. The number of carbonyl (C=O) groups excluding carboxylic acids is 1. The standard InChI is InChI=1S/C20H27N3O.ClH/c1-15-12-19(16(2)23(15)18-9-5-4-6-10-18)20(24)22-11-7-8-17(14-22)13-21-3;/h4-6,9-10,12,17,21H,7-8,11,13-14H2,1-3H3;1H. The molecule has 1 aliphatic heterocycles. The Labute approximate surface area is 156 Å². The van der Waals surface area contributed by atoms with E-state index >= 15 is 0 Å². The third kappa shape index (κ3) is 4.07. The van der Waals surface area contributed by atoms with Gasteiger partial charge in [-0.2, -0.15) is 0 Å². The molecule has 1 aromatic heterocycles. The van der Waals surface area contributed by atoms with Crippen molar-refractivity contribution < 1.29 is 4.79 Å². The Balaban J connectivity index is 0.00000225. The first-order valence-corrected chi connectivity index (χ1v) is 8.80. The zero-order chi connectivity index (χ0) is 17.1. The van der Waals surface area contributed by atoms with Crippen molar-refractivity contribution in [3.8, 4) is 5.69 Å². The lowest BCUT2D eigenvalue weighted by atomic mass is 9.97. The largest absolute Gasteiger partial charge is 0.338 e. The van der Waals surface area contributed by atoms with Crippen LogP contribution in [0.5, 0.6) is 0 Å². The van der Waals surface area contributed by atoms with Crippen LogP contribution in [-0.2, 0) is 0 Å². The third-order valence-electron chi connectivity index (χ3n) is 4.97. The van der Waals surface area contributed by atoms with Crippen molar-refractivity contribution in [3.63, 3.8) is 0 Å². The number of para-hydroxylation sites is 1. The molecule has 1 amide bonds. The summed E-state index contributed by atoms with van der Waals surface area (Å²) in [6.45, 7) is 6.81. The molecule has 4 nitrogen and oxygen atoms in total. The van der Waals surface area contributed by atoms with E-state index in [1.807, 2.05) is 43.1 Å². The molecular formula is C20H28ClN3O. The summed E-state index contributed by atoms with van der Waals surface area (Å²) in [5.74, 6) is 0.733. The minimum absolute atomic E-state index is 0. The van der Waals surface area contributed by atoms with E-state index in [4.69, 9.17) is 0 Å². The number of aromatic nitrogens is 1. The van der Waals surface area contributed by atoms with Crippen molar-refractivity contribution in [1.29, 1.82) is 0 Å². The van der Waals surface area contributed by atoms with Crippen LogP contribution < -0.4 is 5.32 Å². The van der Waals surface area contributed by atoms with Gasteiger partial charge in [-0.05, 0) is 64.4 Å². The monoisotopic (exact) mass is 361 g/mol. The van der Waals surface area contributed by atoms with Gasteiger partial charge in [0, 0.05) is 30.2 Å². The molecule has 0 aliphatic carbocycles. The van der Waals surface area contributed by atoms with Crippen LogP contribution in [0.25, 0.3) is 5.69 Å². The maximum atomic E-state index is 13.1. The molecule has 1 unspecified atom stereocenters. The molecule has 2 heterocycles. The van der Waals surface area contributed by atoms with Gasteiger partial charge in [0.25, 0.3) is 5.91 Å². The zero-order valence-electron chi connectivity index (χ0n) is 15.3. The predicted octanol–water partition coefficient (Wildman–Crippen LogP) is 3.59. The molecule has 1 aliphatic rings. The highest BCUT2D eigenvalue weighted by Gasteiger charge is 2.26. The molecule has 0 radical (unpaired) electrons. The lowest BCUT2D eigenvalue weighted by molar-refractivity contribution is 0.0673. The summed E-state index contributed by atoms with van der Waals surface area (Å²) in [5.41, 5.74) is 4.07. The van der Waals surface area contributed by atoms with Gasteiger partial charge in [0.2, 0.25) is 0 Å². The maximum Gasteiger partial charge on any atom is 0.255 e. The number of carbonyl (C=O) groups is 1. The van der Waals surface area contributed by atoms with E-state index in [0.29, 0.717) is 5.92 Å². The van der Waals surface area contributed by atoms with E-state index in [9.17, 15) is 4.79 Å². The van der Waals surface area contributed by atoms with Gasteiger partial charge < -0.3 is 14.8 Å². The zero-order valence-corrected chi connectivity index (χ0v) is 16.1. The Morgan fingerprint density at radius 3 is 2.64 bits per heavy atom. The van der Waals surface area contributed by atoms with Gasteiger partial charge in [0.1, 0.15) is 0 Å². The van der Waals surface area contributed by atoms with Crippen molar-refractivity contribution in [2.75, 3.05) is 26.7 Å². The molecule has 1 atom stereocenters. The van der Waals surface area contributed by atoms with Gasteiger partial charge >= 0.3 is 0 Å². The van der Waals surface area contributed by atoms with E-state index in [0.717, 1.165) is 48.7 Å². The maximum absolute atomic E-state index is 13.1. The predicted molar refractivity (Wildman–Crippen MR) is 105 cm³/mol. The van der Waals surface area contributed by atoms with Crippen molar-refractivity contribution in [2.24, 2.45) is 5.92 Å². The summed E-state index contributed by atoms with van der Waals surface area (Å²) < 4.78 is 2.17. The van der Waals surface area contributed by atoms with Crippen LogP contribution in [-0.4, -0.2) is 42.1 Å². The van der Waals surface area contributed by atoms with Crippen LogP contribution in [0, 0.1) is 19.8 Å². The quantitative estimate of drug-likeness (QED) is 0.903. The van der Waals surface area contributed by atoms with Crippen LogP contribution in [0.4, 0.5) is 0 Å². The lowest BCUT2D eigenvalue weighted by Crippen LogP contribution is -2.42. The molecule has 1 N–H and O–H groups in total. The minimum Gasteiger partial charge on any atom is -0.338 e. The Hall–Kier alpha value is -1.78. The van der Waals surface area contributed by atoms with E-state index in [1.165, 1.54) is 6.42 Å². The molecule has 0 spiro atoms. The number of hydrogen-bond acceptors (Lipinski definition) is 2. The highest BCUT2D eigenvalue weighted by molar-refractivity contribution is 5.96. The SMILES string of the molecule is CNCC1CCCN(C(=O)c2cc(C)n(-c3ccccc3)c2C)C1.Cl. The summed E-state index contributed by atoms with van der Waals surface area (Å²) in [6.07, 6.45) is 2.29. The van der Waals surface area contributed by atoms with Gasteiger partial charge in [-0.15, -0.1) is 12.4 Å². The van der Waals surface area contributed by atoms with Gasteiger partial charge in [-0.25, -0.2) is 0 Å². The Morgan fingerprint density at radius 1 is 1.24 bits per heavy atom.